The van der Waals surface area contributed by atoms with E-state index < -0.39 is 0 Å². The molecule has 0 aliphatic heterocycles. The predicted molar refractivity (Wildman–Crippen MR) is 82.5 cm³/mol. The van der Waals surface area contributed by atoms with E-state index in [0.717, 1.165) is 23.5 Å². The van der Waals surface area contributed by atoms with E-state index >= 15 is 0 Å². The normalized spacial score (nSPS) is 12.2. The second kappa shape index (κ2) is 4.14. The highest BCUT2D eigenvalue weighted by molar-refractivity contribution is 6.12. The van der Waals surface area contributed by atoms with E-state index in [1.807, 2.05) is 0 Å². The van der Waals surface area contributed by atoms with Crippen molar-refractivity contribution in [3.63, 3.8) is 0 Å². The van der Waals surface area contributed by atoms with Crippen molar-refractivity contribution in [3.8, 4) is 22.4 Å². The van der Waals surface area contributed by atoms with Crippen LogP contribution >= 0.6 is 0 Å². The van der Waals surface area contributed by atoms with Gasteiger partial charge >= 0.3 is 0 Å². The lowest BCUT2D eigenvalue weighted by atomic mass is 10.1. The van der Waals surface area contributed by atoms with Crippen LogP contribution in [0.1, 0.15) is 19.7 Å². The molecule has 0 bridgehead atoms. The van der Waals surface area contributed by atoms with E-state index in [4.69, 9.17) is 9.97 Å². The molecule has 0 saturated carbocycles. The third kappa shape index (κ3) is 1.58. The first kappa shape index (κ1) is 11.6. The largest absolute Gasteiger partial charge is 0.233 e. The van der Waals surface area contributed by atoms with E-state index in [2.05, 4.69) is 56.3 Å². The van der Waals surface area contributed by atoms with Crippen LogP contribution < -0.4 is 0 Å². The van der Waals surface area contributed by atoms with Gasteiger partial charge in [-0.15, -0.1) is 0 Å². The number of rotatable bonds is 2. The molecule has 0 saturated heterocycles. The van der Waals surface area contributed by atoms with Gasteiger partial charge in [0.05, 0.1) is 11.2 Å². The van der Waals surface area contributed by atoms with E-state index in [-0.39, 0.29) is 0 Å². The molecule has 0 amide bonds. The van der Waals surface area contributed by atoms with Crippen molar-refractivity contribution >= 4 is 10.9 Å². The van der Waals surface area contributed by atoms with Crippen LogP contribution in [-0.4, -0.2) is 9.97 Å². The zero-order chi connectivity index (χ0) is 13.7. The number of fused-ring (bicyclic) bond motifs is 3. The standard InChI is InChI=1S/C18H16N2/c1-11(2)10-16-19-15-9-5-8-13-12-6-3-4-7-14(12)18(20-16)17(13)15/h3-9,11H,10H2,1-2H3. The Hall–Kier alpha value is -2.22. The van der Waals surface area contributed by atoms with Crippen LogP contribution in [0.5, 0.6) is 0 Å². The lowest BCUT2D eigenvalue weighted by molar-refractivity contribution is 0.623. The van der Waals surface area contributed by atoms with Gasteiger partial charge in [-0.05, 0) is 23.1 Å². The SMILES string of the molecule is CC(C)Cc1nc2c3c(cccc3n1)-c1ccccc1-2. The van der Waals surface area contributed by atoms with Gasteiger partial charge in [0.25, 0.3) is 0 Å². The molecule has 1 aromatic heterocycles. The average molecular weight is 260 g/mol. The van der Waals surface area contributed by atoms with Gasteiger partial charge in [0.2, 0.25) is 0 Å². The van der Waals surface area contributed by atoms with Gasteiger partial charge in [-0.3, -0.25) is 0 Å². The minimum absolute atomic E-state index is 0.569. The van der Waals surface area contributed by atoms with E-state index in [1.165, 1.54) is 22.1 Å². The summed E-state index contributed by atoms with van der Waals surface area (Å²) >= 11 is 0. The van der Waals surface area contributed by atoms with Gasteiger partial charge in [-0.2, -0.15) is 0 Å². The third-order valence-corrected chi connectivity index (χ3v) is 3.83. The minimum Gasteiger partial charge on any atom is -0.233 e. The topological polar surface area (TPSA) is 25.8 Å². The highest BCUT2D eigenvalue weighted by Crippen LogP contribution is 2.45. The first-order chi connectivity index (χ1) is 9.74. The van der Waals surface area contributed by atoms with Gasteiger partial charge in [0.15, 0.2) is 0 Å². The van der Waals surface area contributed by atoms with Crippen LogP contribution in [-0.2, 0) is 6.42 Å². The fraction of sp³-hybridized carbons (Fsp3) is 0.222. The Bertz CT molecular complexity index is 819. The molecule has 2 nitrogen and oxygen atoms in total. The summed E-state index contributed by atoms with van der Waals surface area (Å²) < 4.78 is 0. The van der Waals surface area contributed by atoms with E-state index in [0.29, 0.717) is 5.92 Å². The summed E-state index contributed by atoms with van der Waals surface area (Å²) in [5.41, 5.74) is 5.97. The maximum Gasteiger partial charge on any atom is 0.129 e. The average Bonchev–Trinajstić information content (AvgIpc) is 2.75. The summed E-state index contributed by atoms with van der Waals surface area (Å²) in [6, 6.07) is 14.9. The summed E-state index contributed by atoms with van der Waals surface area (Å²) in [4.78, 5) is 9.59. The summed E-state index contributed by atoms with van der Waals surface area (Å²) in [5, 5.41) is 1.21. The molecular formula is C18H16N2. The molecule has 98 valence electrons. The second-order valence-electron chi connectivity index (χ2n) is 5.83. The molecule has 2 heteroatoms. The van der Waals surface area contributed by atoms with Crippen molar-refractivity contribution < 1.29 is 0 Å². The number of hydrogen-bond donors (Lipinski definition) is 0. The van der Waals surface area contributed by atoms with Crippen LogP contribution in [0.25, 0.3) is 33.3 Å². The molecule has 2 aromatic carbocycles. The Balaban J connectivity index is 2.06. The Kier molecular flexibility index (Phi) is 2.40. The molecule has 20 heavy (non-hydrogen) atoms. The second-order valence-corrected chi connectivity index (χ2v) is 5.83. The van der Waals surface area contributed by atoms with E-state index in [9.17, 15) is 0 Å². The van der Waals surface area contributed by atoms with Gasteiger partial charge in [-0.25, -0.2) is 9.97 Å². The molecule has 0 atom stereocenters. The maximum atomic E-state index is 4.84. The Morgan fingerprint density at radius 1 is 0.850 bits per heavy atom. The summed E-state index contributed by atoms with van der Waals surface area (Å²) in [5.74, 6) is 1.52. The smallest absolute Gasteiger partial charge is 0.129 e. The highest BCUT2D eigenvalue weighted by atomic mass is 14.9. The molecule has 1 aliphatic carbocycles. The molecule has 1 heterocycles. The van der Waals surface area contributed by atoms with Crippen molar-refractivity contribution in [1.29, 1.82) is 0 Å². The highest BCUT2D eigenvalue weighted by Gasteiger charge is 2.23. The fourth-order valence-corrected chi connectivity index (χ4v) is 3.03. The Morgan fingerprint density at radius 2 is 1.60 bits per heavy atom. The van der Waals surface area contributed by atoms with Crippen molar-refractivity contribution in [3.05, 3.63) is 48.3 Å². The van der Waals surface area contributed by atoms with Gasteiger partial charge < -0.3 is 0 Å². The lowest BCUT2D eigenvalue weighted by Gasteiger charge is -2.07. The number of benzene rings is 2. The monoisotopic (exact) mass is 260 g/mol. The maximum absolute atomic E-state index is 4.84. The zero-order valence-electron chi connectivity index (χ0n) is 11.7. The first-order valence-electron chi connectivity index (χ1n) is 7.13. The fourth-order valence-electron chi connectivity index (χ4n) is 3.03. The lowest BCUT2D eigenvalue weighted by Crippen LogP contribution is -2.02. The first-order valence-corrected chi connectivity index (χ1v) is 7.13. The minimum atomic E-state index is 0.569. The van der Waals surface area contributed by atoms with E-state index in [1.54, 1.807) is 0 Å². The number of hydrogen-bond acceptors (Lipinski definition) is 2. The Morgan fingerprint density at radius 3 is 2.40 bits per heavy atom. The summed E-state index contributed by atoms with van der Waals surface area (Å²) in [6.45, 7) is 4.41. The van der Waals surface area contributed by atoms with Gasteiger partial charge in [0, 0.05) is 17.4 Å². The van der Waals surface area contributed by atoms with Crippen LogP contribution in [0.3, 0.4) is 0 Å². The molecule has 3 aromatic rings. The van der Waals surface area contributed by atoms with Gasteiger partial charge in [0.1, 0.15) is 5.82 Å². The third-order valence-electron chi connectivity index (χ3n) is 3.83. The number of aromatic nitrogens is 2. The summed E-state index contributed by atoms with van der Waals surface area (Å²) in [6.07, 6.45) is 0.926. The molecule has 0 N–H and O–H groups in total. The molecule has 0 fully saturated rings. The molecule has 0 spiro atoms. The molecule has 4 rings (SSSR count). The van der Waals surface area contributed by atoms with Crippen LogP contribution in [0.4, 0.5) is 0 Å². The van der Waals surface area contributed by atoms with Crippen molar-refractivity contribution in [2.24, 2.45) is 5.92 Å². The quantitative estimate of drug-likeness (QED) is 0.531. The molecule has 0 radical (unpaired) electrons. The van der Waals surface area contributed by atoms with Crippen molar-refractivity contribution in [2.45, 2.75) is 20.3 Å². The molecular weight excluding hydrogens is 244 g/mol. The van der Waals surface area contributed by atoms with Gasteiger partial charge in [-0.1, -0.05) is 50.2 Å². The molecule has 0 unspecified atom stereocenters. The zero-order valence-corrected chi connectivity index (χ0v) is 11.7. The van der Waals surface area contributed by atoms with Crippen molar-refractivity contribution in [2.75, 3.05) is 0 Å². The molecule has 1 aliphatic rings. The van der Waals surface area contributed by atoms with Crippen molar-refractivity contribution in [1.82, 2.24) is 9.97 Å². The van der Waals surface area contributed by atoms with Crippen LogP contribution in [0, 0.1) is 5.92 Å². The number of nitrogens with zero attached hydrogens (tertiary/aromatic N) is 2. The van der Waals surface area contributed by atoms with Crippen LogP contribution in [0.15, 0.2) is 42.5 Å². The summed E-state index contributed by atoms with van der Waals surface area (Å²) in [7, 11) is 0. The predicted octanol–water partition coefficient (Wildman–Crippen LogP) is 4.48. The van der Waals surface area contributed by atoms with Crippen LogP contribution in [0.2, 0.25) is 0 Å². The Labute approximate surface area is 118 Å².